The molecule has 0 saturated carbocycles. The summed E-state index contributed by atoms with van der Waals surface area (Å²) >= 11 is 0. The summed E-state index contributed by atoms with van der Waals surface area (Å²) in [6.45, 7) is 7.29. The fourth-order valence-electron chi connectivity index (χ4n) is 4.18. The Hall–Kier alpha value is -2.89. The SMILES string of the molecule is CCN(CC)S(=O)(=O)c1ccc(N2CCN(Cc3cc(OC)ccc3OC)CC2)c([N+](=O)[O-])c1. The average Bonchev–Trinajstić information content (AvgIpc) is 2.84. The summed E-state index contributed by atoms with van der Waals surface area (Å²) in [5, 5.41) is 11.8. The quantitative estimate of drug-likeness (QED) is 0.368. The molecule has 10 nitrogen and oxygen atoms in total. The highest BCUT2D eigenvalue weighted by Crippen LogP contribution is 2.33. The Morgan fingerprint density at radius 2 is 1.68 bits per heavy atom. The summed E-state index contributed by atoms with van der Waals surface area (Å²) in [6, 6.07) is 9.87. The lowest BCUT2D eigenvalue weighted by molar-refractivity contribution is -0.384. The van der Waals surface area contributed by atoms with Crippen LogP contribution in [-0.2, 0) is 16.6 Å². The van der Waals surface area contributed by atoms with Crippen LogP contribution in [0.15, 0.2) is 41.3 Å². The molecule has 11 heteroatoms. The Morgan fingerprint density at radius 1 is 1.00 bits per heavy atom. The van der Waals surface area contributed by atoms with Crippen molar-refractivity contribution in [2.24, 2.45) is 0 Å². The first-order chi connectivity index (χ1) is 16.2. The van der Waals surface area contributed by atoms with Crippen LogP contribution in [-0.4, -0.2) is 76.0 Å². The topological polar surface area (TPSA) is 105 Å². The van der Waals surface area contributed by atoms with Crippen molar-refractivity contribution in [3.05, 3.63) is 52.1 Å². The summed E-state index contributed by atoms with van der Waals surface area (Å²) in [7, 11) is -0.528. The minimum absolute atomic E-state index is 0.0598. The van der Waals surface area contributed by atoms with Crippen molar-refractivity contribution < 1.29 is 22.8 Å². The summed E-state index contributed by atoms with van der Waals surface area (Å²) in [6.07, 6.45) is 0. The van der Waals surface area contributed by atoms with E-state index >= 15 is 0 Å². The van der Waals surface area contributed by atoms with Gasteiger partial charge in [-0.1, -0.05) is 13.8 Å². The third kappa shape index (κ3) is 5.43. The van der Waals surface area contributed by atoms with Crippen LogP contribution in [0.25, 0.3) is 0 Å². The second kappa shape index (κ2) is 11.0. The Balaban J connectivity index is 1.77. The summed E-state index contributed by atoms with van der Waals surface area (Å²) in [5.41, 5.74) is 1.24. The summed E-state index contributed by atoms with van der Waals surface area (Å²) < 4.78 is 37.8. The number of hydrogen-bond acceptors (Lipinski definition) is 8. The van der Waals surface area contributed by atoms with Gasteiger partial charge in [0.05, 0.1) is 24.0 Å². The first kappa shape index (κ1) is 25.7. The molecule has 1 saturated heterocycles. The molecule has 0 bridgehead atoms. The van der Waals surface area contributed by atoms with Gasteiger partial charge in [0.25, 0.3) is 5.69 Å². The molecule has 0 unspecified atom stereocenters. The van der Waals surface area contributed by atoms with E-state index in [1.165, 1.54) is 16.4 Å². The maximum atomic E-state index is 12.8. The molecule has 1 aliphatic rings. The van der Waals surface area contributed by atoms with E-state index in [2.05, 4.69) is 4.90 Å². The van der Waals surface area contributed by atoms with E-state index < -0.39 is 14.9 Å². The van der Waals surface area contributed by atoms with E-state index in [9.17, 15) is 18.5 Å². The summed E-state index contributed by atoms with van der Waals surface area (Å²) in [5.74, 6) is 1.54. The van der Waals surface area contributed by atoms with Crippen molar-refractivity contribution in [3.63, 3.8) is 0 Å². The number of sulfonamides is 1. The van der Waals surface area contributed by atoms with Crippen LogP contribution in [0, 0.1) is 10.1 Å². The van der Waals surface area contributed by atoms with Gasteiger partial charge in [0.15, 0.2) is 0 Å². The van der Waals surface area contributed by atoms with Gasteiger partial charge in [0, 0.05) is 57.4 Å². The molecule has 34 heavy (non-hydrogen) atoms. The molecule has 3 rings (SSSR count). The standard InChI is InChI=1S/C23H32N4O6S/c1-5-26(6-2)34(30,31)20-8-9-21(22(16-20)27(28)29)25-13-11-24(12-14-25)17-18-15-19(32-3)7-10-23(18)33-4/h7-10,15-16H,5-6,11-14,17H2,1-4H3. The second-order valence-corrected chi connectivity index (χ2v) is 9.88. The lowest BCUT2D eigenvalue weighted by Gasteiger charge is -2.36. The number of nitrogens with zero attached hydrogens (tertiary/aromatic N) is 4. The zero-order valence-electron chi connectivity index (χ0n) is 20.1. The maximum Gasteiger partial charge on any atom is 0.293 e. The third-order valence-electron chi connectivity index (χ3n) is 6.08. The van der Waals surface area contributed by atoms with Crippen molar-refractivity contribution in [2.75, 3.05) is 58.4 Å². The number of benzene rings is 2. The number of hydrogen-bond donors (Lipinski definition) is 0. The Kier molecular flexibility index (Phi) is 8.34. The number of methoxy groups -OCH3 is 2. The monoisotopic (exact) mass is 492 g/mol. The molecule has 0 aromatic heterocycles. The van der Waals surface area contributed by atoms with Gasteiger partial charge in [0.1, 0.15) is 17.2 Å². The number of piperazine rings is 1. The minimum Gasteiger partial charge on any atom is -0.497 e. The summed E-state index contributed by atoms with van der Waals surface area (Å²) in [4.78, 5) is 15.4. The molecule has 0 aliphatic carbocycles. The van der Waals surface area contributed by atoms with Crippen LogP contribution in [0.3, 0.4) is 0 Å². The third-order valence-corrected chi connectivity index (χ3v) is 8.13. The smallest absolute Gasteiger partial charge is 0.293 e. The van der Waals surface area contributed by atoms with Crippen LogP contribution in [0.1, 0.15) is 19.4 Å². The van der Waals surface area contributed by atoms with Crippen molar-refractivity contribution in [3.8, 4) is 11.5 Å². The molecular weight excluding hydrogens is 460 g/mol. The molecule has 0 atom stereocenters. The van der Waals surface area contributed by atoms with Gasteiger partial charge in [0.2, 0.25) is 10.0 Å². The number of ether oxygens (including phenoxy) is 2. The largest absolute Gasteiger partial charge is 0.497 e. The van der Waals surface area contributed by atoms with E-state index in [4.69, 9.17) is 9.47 Å². The van der Waals surface area contributed by atoms with Crippen molar-refractivity contribution in [2.45, 2.75) is 25.3 Å². The van der Waals surface area contributed by atoms with Crippen LogP contribution < -0.4 is 14.4 Å². The van der Waals surface area contributed by atoms with Crippen molar-refractivity contribution in [1.82, 2.24) is 9.21 Å². The number of nitro benzene ring substituents is 1. The molecular formula is C23H32N4O6S. The Labute approximate surface area is 200 Å². The normalized spacial score (nSPS) is 14.9. The zero-order valence-corrected chi connectivity index (χ0v) is 20.9. The predicted molar refractivity (Wildman–Crippen MR) is 130 cm³/mol. The fourth-order valence-corrected chi connectivity index (χ4v) is 5.66. The fraction of sp³-hybridized carbons (Fsp3) is 0.478. The molecule has 186 valence electrons. The maximum absolute atomic E-state index is 12.8. The molecule has 1 heterocycles. The van der Waals surface area contributed by atoms with Gasteiger partial charge in [-0.25, -0.2) is 8.42 Å². The van der Waals surface area contributed by atoms with Gasteiger partial charge in [-0.15, -0.1) is 0 Å². The Morgan fingerprint density at radius 3 is 2.24 bits per heavy atom. The van der Waals surface area contributed by atoms with Gasteiger partial charge >= 0.3 is 0 Å². The molecule has 2 aromatic carbocycles. The molecule has 1 fully saturated rings. The van der Waals surface area contributed by atoms with Gasteiger partial charge in [-0.2, -0.15) is 4.31 Å². The molecule has 0 radical (unpaired) electrons. The average molecular weight is 493 g/mol. The van der Waals surface area contributed by atoms with Crippen LogP contribution in [0.5, 0.6) is 11.5 Å². The first-order valence-electron chi connectivity index (χ1n) is 11.2. The highest BCUT2D eigenvalue weighted by molar-refractivity contribution is 7.89. The van der Waals surface area contributed by atoms with E-state index in [0.29, 0.717) is 51.5 Å². The van der Waals surface area contributed by atoms with Gasteiger partial charge < -0.3 is 14.4 Å². The van der Waals surface area contributed by atoms with Crippen molar-refractivity contribution in [1.29, 1.82) is 0 Å². The van der Waals surface area contributed by atoms with Crippen LogP contribution >= 0.6 is 0 Å². The van der Waals surface area contributed by atoms with E-state index in [1.54, 1.807) is 34.1 Å². The Bertz CT molecular complexity index is 1110. The first-order valence-corrected chi connectivity index (χ1v) is 12.7. The lowest BCUT2D eigenvalue weighted by atomic mass is 10.1. The van der Waals surface area contributed by atoms with Crippen LogP contribution in [0.4, 0.5) is 11.4 Å². The molecule has 0 amide bonds. The number of rotatable bonds is 10. The van der Waals surface area contributed by atoms with Crippen LogP contribution in [0.2, 0.25) is 0 Å². The van der Waals surface area contributed by atoms with Gasteiger partial charge in [-0.3, -0.25) is 15.0 Å². The lowest BCUT2D eigenvalue weighted by Crippen LogP contribution is -2.46. The van der Waals surface area contributed by atoms with Gasteiger partial charge in [-0.05, 0) is 30.3 Å². The van der Waals surface area contributed by atoms with E-state index in [-0.39, 0.29) is 10.6 Å². The highest BCUT2D eigenvalue weighted by atomic mass is 32.2. The van der Waals surface area contributed by atoms with E-state index in [0.717, 1.165) is 17.1 Å². The van der Waals surface area contributed by atoms with E-state index in [1.807, 2.05) is 23.1 Å². The molecule has 0 N–H and O–H groups in total. The second-order valence-electron chi connectivity index (χ2n) is 7.94. The molecule has 2 aromatic rings. The highest BCUT2D eigenvalue weighted by Gasteiger charge is 2.29. The molecule has 0 spiro atoms. The number of anilines is 1. The minimum atomic E-state index is -3.78. The zero-order chi connectivity index (χ0) is 24.9. The number of nitro groups is 1. The molecule has 1 aliphatic heterocycles. The predicted octanol–water partition coefficient (Wildman–Crippen LogP) is 2.96. The van der Waals surface area contributed by atoms with Crippen molar-refractivity contribution >= 4 is 21.4 Å².